The molecule has 4 heteroatoms. The molecule has 0 aromatic carbocycles. The Hall–Kier alpha value is -1.00. The van der Waals surface area contributed by atoms with Crippen LogP contribution in [0.15, 0.2) is 34.9 Å². The molecule has 0 aliphatic carbocycles. The Labute approximate surface area is 79.7 Å². The molecule has 0 saturated heterocycles. The summed E-state index contributed by atoms with van der Waals surface area (Å²) in [5.41, 5.74) is 0.907. The number of hydrogen-bond acceptors (Lipinski definition) is 4. The second-order valence-corrected chi connectivity index (χ2v) is 3.51. The molecule has 0 spiro atoms. The van der Waals surface area contributed by atoms with Gasteiger partial charge >= 0.3 is 0 Å². The Morgan fingerprint density at radius 2 is 2.25 bits per heavy atom. The lowest BCUT2D eigenvalue weighted by Crippen LogP contribution is -1.86. The first kappa shape index (κ1) is 7.64. The zero-order chi connectivity index (χ0) is 8.39. The molecule has 0 amide bonds. The van der Waals surface area contributed by atoms with Crippen molar-refractivity contribution in [1.29, 1.82) is 0 Å². The zero-order valence-electron chi connectivity index (χ0n) is 6.10. The van der Waals surface area contributed by atoms with Crippen LogP contribution >= 0.6 is 11.3 Å². The van der Waals surface area contributed by atoms with Gasteiger partial charge in [-0.15, -0.1) is 11.3 Å². The van der Waals surface area contributed by atoms with E-state index in [0.29, 0.717) is 5.16 Å². The maximum atomic E-state index is 4.86. The van der Waals surface area contributed by atoms with E-state index in [-0.39, 0.29) is 0 Å². The number of hydrogen-bond donors (Lipinski definition) is 0. The van der Waals surface area contributed by atoms with E-state index in [1.807, 2.05) is 23.6 Å². The van der Waals surface area contributed by atoms with Crippen LogP contribution in [0.25, 0.3) is 10.6 Å². The van der Waals surface area contributed by atoms with Gasteiger partial charge in [0, 0.05) is 11.4 Å². The van der Waals surface area contributed by atoms with Crippen LogP contribution in [-0.2, 0) is 12.6 Å². The molecule has 0 N–H and O–H groups in total. The molecule has 0 aliphatic rings. The van der Waals surface area contributed by atoms with Crippen LogP contribution in [0.2, 0.25) is 0 Å². The van der Waals surface area contributed by atoms with Crippen molar-refractivity contribution in [2.45, 2.75) is 5.16 Å². The molecule has 0 unspecified atom stereocenters. The van der Waals surface area contributed by atoms with E-state index in [4.69, 9.17) is 12.6 Å². The molecule has 0 atom stereocenters. The molecule has 0 fully saturated rings. The van der Waals surface area contributed by atoms with Gasteiger partial charge in [-0.25, -0.2) is 0 Å². The minimum Gasteiger partial charge on any atom is -0.740 e. The summed E-state index contributed by atoms with van der Waals surface area (Å²) in [5.74, 6) is 0. The fraction of sp³-hybridized carbons (Fsp3) is 0. The van der Waals surface area contributed by atoms with Crippen molar-refractivity contribution >= 4 is 24.0 Å². The molecule has 2 aromatic heterocycles. The van der Waals surface area contributed by atoms with Gasteiger partial charge in [-0.1, -0.05) is 6.07 Å². The Morgan fingerprint density at radius 1 is 1.33 bits per heavy atom. The number of nitrogens with zero attached hydrogens (tertiary/aromatic N) is 2. The van der Waals surface area contributed by atoms with Gasteiger partial charge in [0.25, 0.3) is 0 Å². The highest BCUT2D eigenvalue weighted by atomic mass is 32.1. The van der Waals surface area contributed by atoms with E-state index in [0.717, 1.165) is 10.6 Å². The van der Waals surface area contributed by atoms with Crippen LogP contribution in [-0.4, -0.2) is 9.97 Å². The number of rotatable bonds is 1. The standard InChI is InChI=1S/C8H6N2S2/c11-8-9-4-3-6(10-8)7-2-1-5-12-7/h1-5H,(H,9,10,11)/p-1. The molecule has 2 aromatic rings. The Morgan fingerprint density at radius 3 is 2.92 bits per heavy atom. The summed E-state index contributed by atoms with van der Waals surface area (Å²) in [5, 5.41) is 2.42. The molecular weight excluding hydrogens is 188 g/mol. The molecule has 60 valence electrons. The van der Waals surface area contributed by atoms with Crippen LogP contribution in [0, 0.1) is 0 Å². The fourth-order valence-corrected chi connectivity index (χ4v) is 1.76. The van der Waals surface area contributed by atoms with Gasteiger partial charge in [0.1, 0.15) is 0 Å². The normalized spacial score (nSPS) is 10.0. The SMILES string of the molecule is [S-]c1nccc(-c2cccs2)n1. The smallest absolute Gasteiger partial charge is 0.0816 e. The third-order valence-corrected chi connectivity index (χ3v) is 2.50. The van der Waals surface area contributed by atoms with Crippen LogP contribution in [0.4, 0.5) is 0 Å². The van der Waals surface area contributed by atoms with E-state index < -0.39 is 0 Å². The van der Waals surface area contributed by atoms with Gasteiger partial charge in [0.05, 0.1) is 10.6 Å². The summed E-state index contributed by atoms with van der Waals surface area (Å²) in [6, 6.07) is 5.87. The highest BCUT2D eigenvalue weighted by Crippen LogP contribution is 2.21. The van der Waals surface area contributed by atoms with E-state index in [2.05, 4.69) is 9.97 Å². The first-order valence-electron chi connectivity index (χ1n) is 3.40. The molecule has 0 bridgehead atoms. The van der Waals surface area contributed by atoms with Crippen molar-refractivity contribution in [2.75, 3.05) is 0 Å². The van der Waals surface area contributed by atoms with Crippen molar-refractivity contribution in [3.8, 4) is 10.6 Å². The van der Waals surface area contributed by atoms with Crippen LogP contribution in [0.3, 0.4) is 0 Å². The largest absolute Gasteiger partial charge is 0.740 e. The van der Waals surface area contributed by atoms with Crippen molar-refractivity contribution < 1.29 is 0 Å². The van der Waals surface area contributed by atoms with E-state index in [1.165, 1.54) is 0 Å². The molecular formula is C8H5N2S2-. The number of aromatic nitrogens is 2. The lowest BCUT2D eigenvalue weighted by atomic mass is 10.3. The first-order chi connectivity index (χ1) is 5.86. The van der Waals surface area contributed by atoms with E-state index in [9.17, 15) is 0 Å². The minimum absolute atomic E-state index is 0.404. The van der Waals surface area contributed by atoms with Crippen LogP contribution < -0.4 is 0 Å². The average Bonchev–Trinajstić information content (AvgIpc) is 2.56. The first-order valence-corrected chi connectivity index (χ1v) is 4.69. The molecule has 0 radical (unpaired) electrons. The topological polar surface area (TPSA) is 25.8 Å². The van der Waals surface area contributed by atoms with E-state index in [1.54, 1.807) is 17.5 Å². The highest BCUT2D eigenvalue weighted by Gasteiger charge is 1.97. The summed E-state index contributed by atoms with van der Waals surface area (Å²) < 4.78 is 0. The highest BCUT2D eigenvalue weighted by molar-refractivity contribution is 7.58. The zero-order valence-corrected chi connectivity index (χ0v) is 7.73. The van der Waals surface area contributed by atoms with Gasteiger partial charge in [0.2, 0.25) is 0 Å². The Kier molecular flexibility index (Phi) is 2.01. The summed E-state index contributed by atoms with van der Waals surface area (Å²) in [4.78, 5) is 9.12. The Bertz CT molecular complexity index is 370. The second kappa shape index (κ2) is 3.16. The summed E-state index contributed by atoms with van der Waals surface area (Å²) in [6.07, 6.45) is 1.68. The second-order valence-electron chi connectivity index (χ2n) is 2.20. The molecule has 0 aliphatic heterocycles. The van der Waals surface area contributed by atoms with Gasteiger partial charge in [-0.3, -0.25) is 9.97 Å². The number of thiophene rings is 1. The van der Waals surface area contributed by atoms with Gasteiger partial charge in [-0.05, 0) is 17.5 Å². The van der Waals surface area contributed by atoms with Crippen molar-refractivity contribution in [2.24, 2.45) is 0 Å². The van der Waals surface area contributed by atoms with Crippen LogP contribution in [0.5, 0.6) is 0 Å². The summed E-state index contributed by atoms with van der Waals surface area (Å²) in [7, 11) is 0. The van der Waals surface area contributed by atoms with Gasteiger partial charge < -0.3 is 12.6 Å². The lowest BCUT2D eigenvalue weighted by Gasteiger charge is -2.03. The monoisotopic (exact) mass is 193 g/mol. The Balaban J connectivity index is 2.48. The van der Waals surface area contributed by atoms with Gasteiger partial charge in [0.15, 0.2) is 0 Å². The average molecular weight is 193 g/mol. The maximum Gasteiger partial charge on any atom is 0.0816 e. The summed E-state index contributed by atoms with van der Waals surface area (Å²) >= 11 is 6.50. The van der Waals surface area contributed by atoms with Gasteiger partial charge in [-0.2, -0.15) is 0 Å². The third kappa shape index (κ3) is 1.44. The predicted molar refractivity (Wildman–Crippen MR) is 51.0 cm³/mol. The summed E-state index contributed by atoms with van der Waals surface area (Å²) in [6.45, 7) is 0. The molecule has 2 rings (SSSR count). The molecule has 2 heterocycles. The van der Waals surface area contributed by atoms with Crippen LogP contribution in [0.1, 0.15) is 0 Å². The predicted octanol–water partition coefficient (Wildman–Crippen LogP) is 2.11. The molecule has 2 nitrogen and oxygen atoms in total. The van der Waals surface area contributed by atoms with E-state index >= 15 is 0 Å². The quantitative estimate of drug-likeness (QED) is 0.512. The maximum absolute atomic E-state index is 4.86. The lowest BCUT2D eigenvalue weighted by molar-refractivity contribution is 0.981. The minimum atomic E-state index is 0.404. The molecule has 0 saturated carbocycles. The third-order valence-electron chi connectivity index (χ3n) is 1.41. The van der Waals surface area contributed by atoms with Crippen molar-refractivity contribution in [3.63, 3.8) is 0 Å². The van der Waals surface area contributed by atoms with Crippen molar-refractivity contribution in [1.82, 2.24) is 9.97 Å². The molecule has 12 heavy (non-hydrogen) atoms. The fourth-order valence-electron chi connectivity index (χ4n) is 0.902. The van der Waals surface area contributed by atoms with Crippen molar-refractivity contribution in [3.05, 3.63) is 29.8 Å².